The van der Waals surface area contributed by atoms with Gasteiger partial charge in [0.1, 0.15) is 23.5 Å². The first-order chi connectivity index (χ1) is 15.9. The summed E-state index contributed by atoms with van der Waals surface area (Å²) in [5.74, 6) is 1.99. The largest absolute Gasteiger partial charge is 0.489 e. The van der Waals surface area contributed by atoms with Gasteiger partial charge in [0.05, 0.1) is 29.4 Å². The Hall–Kier alpha value is -2.35. The Morgan fingerprint density at radius 1 is 1.18 bits per heavy atom. The van der Waals surface area contributed by atoms with Gasteiger partial charge >= 0.3 is 0 Å². The Kier molecular flexibility index (Phi) is 7.41. The Labute approximate surface area is 200 Å². The van der Waals surface area contributed by atoms with Crippen molar-refractivity contribution < 1.29 is 14.2 Å². The maximum atomic E-state index is 6.29. The molecule has 2 heterocycles. The van der Waals surface area contributed by atoms with Crippen molar-refractivity contribution in [3.63, 3.8) is 0 Å². The van der Waals surface area contributed by atoms with E-state index >= 15 is 0 Å². The normalized spacial score (nSPS) is 17.7. The lowest BCUT2D eigenvalue weighted by Crippen LogP contribution is -2.31. The van der Waals surface area contributed by atoms with Gasteiger partial charge in [-0.1, -0.05) is 11.6 Å². The molecule has 7 nitrogen and oxygen atoms in total. The number of aromatic amines is 1. The molecule has 2 N–H and O–H groups in total. The van der Waals surface area contributed by atoms with E-state index < -0.39 is 0 Å². The van der Waals surface area contributed by atoms with Crippen LogP contribution in [0.5, 0.6) is 5.75 Å². The molecule has 0 bridgehead atoms. The molecule has 3 aromatic rings. The fourth-order valence-corrected chi connectivity index (χ4v) is 4.83. The number of hydrogen-bond acceptors (Lipinski definition) is 6. The molecule has 178 valence electrons. The zero-order chi connectivity index (χ0) is 23.5. The number of hydrogen-bond donors (Lipinski definition) is 2. The summed E-state index contributed by atoms with van der Waals surface area (Å²) >= 11 is 6.29. The van der Waals surface area contributed by atoms with E-state index in [1.54, 1.807) is 20.5 Å². The number of nitrogens with one attached hydrogen (secondary N) is 2. The van der Waals surface area contributed by atoms with Crippen molar-refractivity contribution in [2.45, 2.75) is 64.8 Å². The number of H-pyrrole nitrogens is 1. The smallest absolute Gasteiger partial charge is 0.143 e. The molecule has 8 heteroatoms. The highest BCUT2D eigenvalue weighted by atomic mass is 35.5. The third kappa shape index (κ3) is 5.26. The van der Waals surface area contributed by atoms with Gasteiger partial charge in [-0.2, -0.15) is 0 Å². The third-order valence-electron chi connectivity index (χ3n) is 6.40. The van der Waals surface area contributed by atoms with Crippen molar-refractivity contribution in [3.05, 3.63) is 40.8 Å². The average Bonchev–Trinajstić information content (AvgIpc) is 3.17. The van der Waals surface area contributed by atoms with Gasteiger partial charge in [-0.05, 0) is 76.1 Å². The van der Waals surface area contributed by atoms with Crippen molar-refractivity contribution in [2.24, 2.45) is 5.92 Å². The standard InChI is InChI=1S/C25H33ClN4O3/c1-14(2)33-21-9-7-17(26)12-20(21)30-25-23-18-10-16(11-22(32-5)15(3)31-4)6-8-19(18)29-24(23)27-13-28-25/h7,9,12-16,22H,6,8,10-11H2,1-5H3,(H2,27,28,29,30). The summed E-state index contributed by atoms with van der Waals surface area (Å²) in [6.45, 7) is 6.06. The second-order valence-corrected chi connectivity index (χ2v) is 9.46. The number of nitrogens with zero attached hydrogens (tertiary/aromatic N) is 2. The van der Waals surface area contributed by atoms with Crippen molar-refractivity contribution in [1.82, 2.24) is 15.0 Å². The number of halogens is 1. The molecule has 0 saturated carbocycles. The molecule has 0 aliphatic heterocycles. The number of rotatable bonds is 9. The van der Waals surface area contributed by atoms with Crippen molar-refractivity contribution in [3.8, 4) is 5.75 Å². The summed E-state index contributed by atoms with van der Waals surface area (Å²) < 4.78 is 17.2. The van der Waals surface area contributed by atoms with Crippen LogP contribution < -0.4 is 10.1 Å². The van der Waals surface area contributed by atoms with Gasteiger partial charge in [-0.3, -0.25) is 0 Å². The summed E-state index contributed by atoms with van der Waals surface area (Å²) in [4.78, 5) is 12.6. The van der Waals surface area contributed by atoms with Crippen LogP contribution in [0.1, 0.15) is 44.9 Å². The van der Waals surface area contributed by atoms with Crippen LogP contribution in [-0.4, -0.2) is 47.5 Å². The Morgan fingerprint density at radius 3 is 2.73 bits per heavy atom. The van der Waals surface area contributed by atoms with E-state index in [0.29, 0.717) is 10.9 Å². The van der Waals surface area contributed by atoms with E-state index in [2.05, 4.69) is 27.2 Å². The number of benzene rings is 1. The zero-order valence-corrected chi connectivity index (χ0v) is 20.7. The molecule has 1 aromatic carbocycles. The quantitative estimate of drug-likeness (QED) is 0.416. The first-order valence-corrected chi connectivity index (χ1v) is 11.9. The molecule has 0 spiro atoms. The van der Waals surface area contributed by atoms with Gasteiger partial charge in [0.25, 0.3) is 0 Å². The van der Waals surface area contributed by atoms with Crippen LogP contribution in [0.25, 0.3) is 11.0 Å². The second kappa shape index (κ2) is 10.3. The van der Waals surface area contributed by atoms with Gasteiger partial charge in [0.15, 0.2) is 0 Å². The Bertz CT molecular complexity index is 1100. The lowest BCUT2D eigenvalue weighted by Gasteiger charge is -2.29. The van der Waals surface area contributed by atoms with E-state index in [-0.39, 0.29) is 18.3 Å². The van der Waals surface area contributed by atoms with E-state index in [0.717, 1.165) is 54.0 Å². The summed E-state index contributed by atoms with van der Waals surface area (Å²) in [5, 5.41) is 5.13. The van der Waals surface area contributed by atoms with Crippen molar-refractivity contribution in [2.75, 3.05) is 19.5 Å². The van der Waals surface area contributed by atoms with E-state index in [4.69, 9.17) is 25.8 Å². The highest BCUT2D eigenvalue weighted by Crippen LogP contribution is 2.38. The molecular formula is C25H33ClN4O3. The Morgan fingerprint density at radius 2 is 2.00 bits per heavy atom. The topological polar surface area (TPSA) is 81.3 Å². The summed E-state index contributed by atoms with van der Waals surface area (Å²) in [6, 6.07) is 5.58. The molecule has 3 unspecified atom stereocenters. The Balaban J connectivity index is 1.66. The molecule has 0 radical (unpaired) electrons. The van der Waals surface area contributed by atoms with Crippen LogP contribution in [0.15, 0.2) is 24.5 Å². The molecular weight excluding hydrogens is 440 g/mol. The van der Waals surface area contributed by atoms with Gasteiger partial charge < -0.3 is 24.5 Å². The number of aromatic nitrogens is 3. The van der Waals surface area contributed by atoms with Gasteiger partial charge in [0, 0.05) is 24.9 Å². The minimum Gasteiger partial charge on any atom is -0.489 e. The van der Waals surface area contributed by atoms with Crippen LogP contribution in [0.4, 0.5) is 11.5 Å². The van der Waals surface area contributed by atoms with Crippen LogP contribution >= 0.6 is 11.6 Å². The fraction of sp³-hybridized carbons (Fsp3) is 0.520. The minimum absolute atomic E-state index is 0.0427. The molecule has 0 amide bonds. The third-order valence-corrected chi connectivity index (χ3v) is 6.63. The second-order valence-electron chi connectivity index (χ2n) is 9.02. The maximum Gasteiger partial charge on any atom is 0.143 e. The lowest BCUT2D eigenvalue weighted by atomic mass is 9.82. The fourth-order valence-electron chi connectivity index (χ4n) is 4.65. The predicted octanol–water partition coefficient (Wildman–Crippen LogP) is 5.69. The number of methoxy groups -OCH3 is 2. The number of aryl methyl sites for hydroxylation is 1. The minimum atomic E-state index is 0.0427. The van der Waals surface area contributed by atoms with Crippen LogP contribution in [-0.2, 0) is 22.3 Å². The molecule has 2 aromatic heterocycles. The number of ether oxygens (including phenoxy) is 3. The van der Waals surface area contributed by atoms with Gasteiger partial charge in [0.2, 0.25) is 0 Å². The monoisotopic (exact) mass is 472 g/mol. The highest BCUT2D eigenvalue weighted by molar-refractivity contribution is 6.31. The number of fused-ring (bicyclic) bond motifs is 3. The molecule has 0 fully saturated rings. The average molecular weight is 473 g/mol. The number of anilines is 2. The van der Waals surface area contributed by atoms with E-state index in [1.165, 1.54) is 11.3 Å². The summed E-state index contributed by atoms with van der Waals surface area (Å²) in [5.41, 5.74) is 4.15. The molecule has 1 aliphatic carbocycles. The SMILES string of the molecule is COC(C)C(CC1CCc2[nH]c3ncnc(Nc4cc(Cl)ccc4OC(C)C)c3c2C1)OC. The molecule has 4 rings (SSSR count). The first kappa shape index (κ1) is 23.8. The van der Waals surface area contributed by atoms with E-state index in [1.807, 2.05) is 32.0 Å². The predicted molar refractivity (Wildman–Crippen MR) is 132 cm³/mol. The molecule has 1 aliphatic rings. The molecule has 33 heavy (non-hydrogen) atoms. The van der Waals surface area contributed by atoms with Crippen molar-refractivity contribution >= 4 is 34.1 Å². The molecule has 3 atom stereocenters. The highest BCUT2D eigenvalue weighted by Gasteiger charge is 2.29. The van der Waals surface area contributed by atoms with Gasteiger partial charge in [-0.25, -0.2) is 9.97 Å². The first-order valence-electron chi connectivity index (χ1n) is 11.5. The van der Waals surface area contributed by atoms with Crippen LogP contribution in [0, 0.1) is 5.92 Å². The zero-order valence-electron chi connectivity index (χ0n) is 19.9. The van der Waals surface area contributed by atoms with Crippen molar-refractivity contribution in [1.29, 1.82) is 0 Å². The molecule has 0 saturated heterocycles. The van der Waals surface area contributed by atoms with E-state index in [9.17, 15) is 0 Å². The summed E-state index contributed by atoms with van der Waals surface area (Å²) in [7, 11) is 3.50. The summed E-state index contributed by atoms with van der Waals surface area (Å²) in [6.07, 6.45) is 5.73. The van der Waals surface area contributed by atoms with Crippen LogP contribution in [0.3, 0.4) is 0 Å². The van der Waals surface area contributed by atoms with Gasteiger partial charge in [-0.15, -0.1) is 0 Å². The van der Waals surface area contributed by atoms with Crippen LogP contribution in [0.2, 0.25) is 5.02 Å². The lowest BCUT2D eigenvalue weighted by molar-refractivity contribution is -0.0381. The maximum absolute atomic E-state index is 6.29.